The van der Waals surface area contributed by atoms with Crippen LogP contribution in [0.4, 0.5) is 0 Å². The number of nitrogens with zero attached hydrogens (tertiary/aromatic N) is 2. The Kier molecular flexibility index (Phi) is 7.17. The monoisotopic (exact) mass is 478 g/mol. The molecule has 0 spiro atoms. The van der Waals surface area contributed by atoms with E-state index in [0.29, 0.717) is 24.9 Å². The lowest BCUT2D eigenvalue weighted by Gasteiger charge is -2.27. The van der Waals surface area contributed by atoms with E-state index in [-0.39, 0.29) is 40.8 Å². The number of rotatable bonds is 6. The molecular formula is C28H34N2O3S. The van der Waals surface area contributed by atoms with E-state index in [1.165, 1.54) is 11.1 Å². The van der Waals surface area contributed by atoms with E-state index in [9.17, 15) is 14.4 Å². The first-order valence-corrected chi connectivity index (χ1v) is 13.2. The summed E-state index contributed by atoms with van der Waals surface area (Å²) in [4.78, 5) is 42.8. The van der Waals surface area contributed by atoms with E-state index in [1.54, 1.807) is 33.7 Å². The highest BCUT2D eigenvalue weighted by Gasteiger charge is 2.52. The van der Waals surface area contributed by atoms with Gasteiger partial charge in [0.05, 0.1) is 17.8 Å². The second-order valence-electron chi connectivity index (χ2n) is 10.3. The third-order valence-electron chi connectivity index (χ3n) is 6.90. The maximum atomic E-state index is 13.5. The molecule has 6 heteroatoms. The van der Waals surface area contributed by atoms with Crippen molar-refractivity contribution in [1.82, 2.24) is 9.80 Å². The molecule has 0 aliphatic carbocycles. The van der Waals surface area contributed by atoms with Gasteiger partial charge in [-0.2, -0.15) is 0 Å². The van der Waals surface area contributed by atoms with E-state index in [0.717, 1.165) is 5.75 Å². The van der Waals surface area contributed by atoms with Crippen LogP contribution in [0.3, 0.4) is 0 Å². The molecule has 2 unspecified atom stereocenters. The van der Waals surface area contributed by atoms with Gasteiger partial charge in [-0.05, 0) is 41.5 Å². The molecule has 2 aromatic carbocycles. The van der Waals surface area contributed by atoms with Crippen LogP contribution in [-0.4, -0.2) is 57.8 Å². The number of ketones is 1. The second kappa shape index (κ2) is 9.95. The number of amides is 2. The fraction of sp³-hybridized carbons (Fsp3) is 0.464. The summed E-state index contributed by atoms with van der Waals surface area (Å²) in [5, 5.41) is -0.201. The first kappa shape index (κ1) is 24.5. The van der Waals surface area contributed by atoms with Crippen LogP contribution < -0.4 is 0 Å². The van der Waals surface area contributed by atoms with Crippen molar-refractivity contribution < 1.29 is 14.4 Å². The molecule has 2 amide bonds. The smallest absolute Gasteiger partial charge is 0.254 e. The fourth-order valence-electron chi connectivity index (χ4n) is 4.93. The SMILES string of the molecule is CC[C@@H](SCc1ccc(C(C)(C)C)cc1)C(=O)N1CCC2C1C(=O)CN2C(=O)c1ccccc1. The van der Waals surface area contributed by atoms with Crippen LogP contribution in [-0.2, 0) is 20.8 Å². The zero-order valence-corrected chi connectivity index (χ0v) is 21.3. The van der Waals surface area contributed by atoms with Gasteiger partial charge in [0.2, 0.25) is 5.91 Å². The third kappa shape index (κ3) is 4.92. The average molecular weight is 479 g/mol. The summed E-state index contributed by atoms with van der Waals surface area (Å²) in [5.74, 6) is 0.616. The Morgan fingerprint density at radius 1 is 1.03 bits per heavy atom. The number of fused-ring (bicyclic) bond motifs is 1. The number of Topliss-reactive ketones (excluding diaryl/α,β-unsaturated/α-hetero) is 1. The van der Waals surface area contributed by atoms with Crippen LogP contribution in [0.5, 0.6) is 0 Å². The lowest BCUT2D eigenvalue weighted by molar-refractivity contribution is -0.135. The average Bonchev–Trinajstić information content (AvgIpc) is 3.40. The Labute approximate surface area is 206 Å². The quantitative estimate of drug-likeness (QED) is 0.604. The number of benzene rings is 2. The molecule has 0 N–H and O–H groups in total. The van der Waals surface area contributed by atoms with E-state index in [2.05, 4.69) is 45.0 Å². The maximum absolute atomic E-state index is 13.5. The summed E-state index contributed by atoms with van der Waals surface area (Å²) in [6, 6.07) is 16.9. The third-order valence-corrected chi connectivity index (χ3v) is 8.34. The largest absolute Gasteiger partial charge is 0.329 e. The van der Waals surface area contributed by atoms with Crippen LogP contribution >= 0.6 is 11.8 Å². The van der Waals surface area contributed by atoms with Crippen molar-refractivity contribution in [3.8, 4) is 0 Å². The molecule has 180 valence electrons. The van der Waals surface area contributed by atoms with Gasteiger partial charge in [0.25, 0.3) is 5.91 Å². The summed E-state index contributed by atoms with van der Waals surface area (Å²) in [5.41, 5.74) is 3.19. The summed E-state index contributed by atoms with van der Waals surface area (Å²) < 4.78 is 0. The standard InChI is InChI=1S/C28H34N2O3S/c1-5-24(34-18-19-11-13-21(14-12-19)28(2,3)4)27(33)29-16-15-22-25(29)23(31)17-30(22)26(32)20-9-7-6-8-10-20/h6-14,22,24-25H,5,15-18H2,1-4H3/t22?,24-,25?/m1/s1. The molecule has 2 aromatic rings. The van der Waals surface area contributed by atoms with Crippen molar-refractivity contribution in [2.75, 3.05) is 13.1 Å². The highest BCUT2D eigenvalue weighted by molar-refractivity contribution is 7.99. The summed E-state index contributed by atoms with van der Waals surface area (Å²) in [6.07, 6.45) is 1.36. The van der Waals surface area contributed by atoms with Crippen molar-refractivity contribution >= 4 is 29.4 Å². The van der Waals surface area contributed by atoms with Crippen molar-refractivity contribution in [3.63, 3.8) is 0 Å². The molecule has 2 fully saturated rings. The molecule has 2 heterocycles. The van der Waals surface area contributed by atoms with Gasteiger partial charge in [0.1, 0.15) is 6.04 Å². The Bertz CT molecular complexity index is 1050. The van der Waals surface area contributed by atoms with Crippen LogP contribution in [0.2, 0.25) is 0 Å². The van der Waals surface area contributed by atoms with E-state index >= 15 is 0 Å². The van der Waals surface area contributed by atoms with Crippen molar-refractivity contribution in [1.29, 1.82) is 0 Å². The molecule has 0 aromatic heterocycles. The van der Waals surface area contributed by atoms with Crippen molar-refractivity contribution in [3.05, 3.63) is 71.3 Å². The molecule has 2 aliphatic rings. The van der Waals surface area contributed by atoms with Gasteiger partial charge in [0, 0.05) is 17.9 Å². The maximum Gasteiger partial charge on any atom is 0.254 e. The molecule has 0 radical (unpaired) electrons. The first-order chi connectivity index (χ1) is 16.2. The highest BCUT2D eigenvalue weighted by Crippen LogP contribution is 2.33. The summed E-state index contributed by atoms with van der Waals surface area (Å²) >= 11 is 1.64. The normalized spacial score (nSPS) is 21.0. The lowest BCUT2D eigenvalue weighted by atomic mass is 9.87. The molecule has 2 aliphatic heterocycles. The number of thioether (sulfide) groups is 1. The Balaban J connectivity index is 1.41. The summed E-state index contributed by atoms with van der Waals surface area (Å²) in [7, 11) is 0. The Morgan fingerprint density at radius 3 is 2.32 bits per heavy atom. The van der Waals surface area contributed by atoms with E-state index < -0.39 is 6.04 Å². The fourth-order valence-corrected chi connectivity index (χ4v) is 6.03. The second-order valence-corrected chi connectivity index (χ2v) is 11.4. The van der Waals surface area contributed by atoms with E-state index in [4.69, 9.17) is 0 Å². The van der Waals surface area contributed by atoms with Gasteiger partial charge >= 0.3 is 0 Å². The van der Waals surface area contributed by atoms with Gasteiger partial charge < -0.3 is 9.80 Å². The van der Waals surface area contributed by atoms with Gasteiger partial charge in [-0.1, -0.05) is 70.2 Å². The highest BCUT2D eigenvalue weighted by atomic mass is 32.2. The molecule has 5 nitrogen and oxygen atoms in total. The van der Waals surface area contributed by atoms with Crippen LogP contribution in [0.25, 0.3) is 0 Å². The number of carbonyl (C=O) groups is 3. The van der Waals surface area contributed by atoms with Gasteiger partial charge in [-0.15, -0.1) is 11.8 Å². The number of likely N-dealkylation sites (tertiary alicyclic amines) is 2. The Morgan fingerprint density at radius 2 is 1.71 bits per heavy atom. The molecule has 3 atom stereocenters. The summed E-state index contributed by atoms with van der Waals surface area (Å²) in [6.45, 7) is 9.22. The molecule has 0 bridgehead atoms. The molecule has 4 rings (SSSR count). The van der Waals surface area contributed by atoms with Gasteiger partial charge in [-0.3, -0.25) is 14.4 Å². The van der Waals surface area contributed by atoms with E-state index in [1.807, 2.05) is 25.1 Å². The van der Waals surface area contributed by atoms with Crippen LogP contribution in [0, 0.1) is 0 Å². The van der Waals surface area contributed by atoms with Gasteiger partial charge in [0.15, 0.2) is 5.78 Å². The minimum Gasteiger partial charge on any atom is -0.329 e. The number of hydrogen-bond donors (Lipinski definition) is 0. The topological polar surface area (TPSA) is 57.7 Å². The predicted octanol–water partition coefficient (Wildman–Crippen LogP) is 4.69. The van der Waals surface area contributed by atoms with Gasteiger partial charge in [-0.25, -0.2) is 0 Å². The zero-order chi connectivity index (χ0) is 24.5. The molecule has 0 saturated carbocycles. The van der Waals surface area contributed by atoms with Crippen molar-refractivity contribution in [2.24, 2.45) is 0 Å². The molecule has 34 heavy (non-hydrogen) atoms. The lowest BCUT2D eigenvalue weighted by Crippen LogP contribution is -2.46. The minimum atomic E-state index is -0.513. The minimum absolute atomic E-state index is 0.0219. The molecular weight excluding hydrogens is 444 g/mol. The van der Waals surface area contributed by atoms with Crippen LogP contribution in [0.15, 0.2) is 54.6 Å². The number of carbonyl (C=O) groups excluding carboxylic acids is 3. The van der Waals surface area contributed by atoms with Crippen LogP contribution in [0.1, 0.15) is 62.0 Å². The zero-order valence-electron chi connectivity index (χ0n) is 20.5. The first-order valence-electron chi connectivity index (χ1n) is 12.1. The molecule has 2 saturated heterocycles. The number of hydrogen-bond acceptors (Lipinski definition) is 4. The Hall–Kier alpha value is -2.60. The van der Waals surface area contributed by atoms with Crippen molar-refractivity contribution in [2.45, 2.75) is 69.0 Å². The predicted molar refractivity (Wildman–Crippen MR) is 137 cm³/mol.